The molecule has 0 bridgehead atoms. The summed E-state index contributed by atoms with van der Waals surface area (Å²) < 4.78 is 0. The van der Waals surface area contributed by atoms with Crippen molar-refractivity contribution in [1.29, 1.82) is 0 Å². The van der Waals surface area contributed by atoms with Crippen LogP contribution in [0.2, 0.25) is 0 Å². The van der Waals surface area contributed by atoms with E-state index >= 15 is 0 Å². The van der Waals surface area contributed by atoms with E-state index in [1.54, 1.807) is 6.21 Å². The number of aryl methyl sites for hydroxylation is 2. The molecule has 1 aliphatic carbocycles. The van der Waals surface area contributed by atoms with Crippen LogP contribution in [0.1, 0.15) is 29.5 Å². The molecule has 0 spiro atoms. The first-order valence-corrected chi connectivity index (χ1v) is 5.57. The van der Waals surface area contributed by atoms with Gasteiger partial charge in [0.15, 0.2) is 0 Å². The Bertz CT molecular complexity index is 434. The highest BCUT2D eigenvalue weighted by atomic mass is 16.2. The normalized spacial score (nSPS) is 15.4. The largest absolute Gasteiger partial charge is 0.273 e. The fraction of sp³-hybridized carbons (Fsp3) is 0.385. The van der Waals surface area contributed by atoms with Gasteiger partial charge in [0.05, 0.1) is 6.21 Å². The van der Waals surface area contributed by atoms with Crippen molar-refractivity contribution in [1.82, 2.24) is 5.43 Å². The van der Waals surface area contributed by atoms with Crippen LogP contribution < -0.4 is 5.43 Å². The molecule has 16 heavy (non-hydrogen) atoms. The van der Waals surface area contributed by atoms with Gasteiger partial charge >= 0.3 is 0 Å². The van der Waals surface area contributed by atoms with E-state index in [4.69, 9.17) is 0 Å². The van der Waals surface area contributed by atoms with Crippen LogP contribution in [0, 0.1) is 19.8 Å². The molecule has 1 N–H and O–H groups in total. The minimum Gasteiger partial charge on any atom is -0.273 e. The zero-order valence-corrected chi connectivity index (χ0v) is 9.66. The van der Waals surface area contributed by atoms with E-state index in [2.05, 4.69) is 23.5 Å². The highest BCUT2D eigenvalue weighted by molar-refractivity contribution is 5.85. The summed E-state index contributed by atoms with van der Waals surface area (Å²) in [5.41, 5.74) is 6.01. The molecule has 2 rings (SSSR count). The van der Waals surface area contributed by atoms with Crippen molar-refractivity contribution < 1.29 is 4.79 Å². The fourth-order valence-electron chi connectivity index (χ4n) is 1.57. The lowest BCUT2D eigenvalue weighted by molar-refractivity contribution is -0.122. The molecule has 3 nitrogen and oxygen atoms in total. The Morgan fingerprint density at radius 2 is 2.19 bits per heavy atom. The average Bonchev–Trinajstić information content (AvgIpc) is 3.04. The number of carbonyl (C=O) groups is 1. The Kier molecular flexibility index (Phi) is 3.04. The van der Waals surface area contributed by atoms with Crippen molar-refractivity contribution in [2.45, 2.75) is 26.7 Å². The van der Waals surface area contributed by atoms with Gasteiger partial charge in [0.1, 0.15) is 0 Å². The highest BCUT2D eigenvalue weighted by Gasteiger charge is 2.29. The first kappa shape index (κ1) is 10.9. The SMILES string of the molecule is Cc1ccc(/C=N\NC(=O)C2CC2)c(C)c1. The second kappa shape index (κ2) is 4.47. The maximum Gasteiger partial charge on any atom is 0.243 e. The van der Waals surface area contributed by atoms with Gasteiger partial charge in [-0.1, -0.05) is 23.8 Å². The molecule has 1 fully saturated rings. The zero-order chi connectivity index (χ0) is 11.5. The number of benzene rings is 1. The molecule has 0 aliphatic heterocycles. The van der Waals surface area contributed by atoms with Crippen LogP contribution in [-0.4, -0.2) is 12.1 Å². The van der Waals surface area contributed by atoms with E-state index in [1.807, 2.05) is 19.1 Å². The van der Waals surface area contributed by atoms with Crippen molar-refractivity contribution in [3.63, 3.8) is 0 Å². The maximum atomic E-state index is 11.3. The van der Waals surface area contributed by atoms with Crippen LogP contribution in [0.15, 0.2) is 23.3 Å². The van der Waals surface area contributed by atoms with E-state index in [1.165, 1.54) is 11.1 Å². The van der Waals surface area contributed by atoms with Gasteiger partial charge in [-0.2, -0.15) is 5.10 Å². The molecule has 1 amide bonds. The van der Waals surface area contributed by atoms with Gasteiger partial charge in [-0.25, -0.2) is 5.43 Å². The summed E-state index contributed by atoms with van der Waals surface area (Å²) in [6.45, 7) is 4.10. The van der Waals surface area contributed by atoms with Gasteiger partial charge < -0.3 is 0 Å². The van der Waals surface area contributed by atoms with Gasteiger partial charge in [-0.05, 0) is 37.8 Å². The summed E-state index contributed by atoms with van der Waals surface area (Å²) in [5.74, 6) is 0.247. The van der Waals surface area contributed by atoms with Gasteiger partial charge in [-0.15, -0.1) is 0 Å². The quantitative estimate of drug-likeness (QED) is 0.610. The Labute approximate surface area is 95.6 Å². The van der Waals surface area contributed by atoms with E-state index < -0.39 is 0 Å². The van der Waals surface area contributed by atoms with Crippen molar-refractivity contribution in [2.75, 3.05) is 0 Å². The standard InChI is InChI=1S/C13H16N2O/c1-9-3-4-12(10(2)7-9)8-14-15-13(16)11-5-6-11/h3-4,7-8,11H,5-6H2,1-2H3,(H,15,16)/b14-8-. The number of hydrazone groups is 1. The zero-order valence-electron chi connectivity index (χ0n) is 9.66. The number of carbonyl (C=O) groups excluding carboxylic acids is 1. The van der Waals surface area contributed by atoms with Gasteiger partial charge in [0.2, 0.25) is 5.91 Å². The number of hydrogen-bond acceptors (Lipinski definition) is 2. The molecule has 3 heteroatoms. The van der Waals surface area contributed by atoms with E-state index in [9.17, 15) is 4.79 Å². The third kappa shape index (κ3) is 2.69. The van der Waals surface area contributed by atoms with E-state index in [0.29, 0.717) is 0 Å². The predicted octanol–water partition coefficient (Wildman–Crippen LogP) is 2.16. The van der Waals surface area contributed by atoms with Crippen LogP contribution in [0.25, 0.3) is 0 Å². The molecule has 1 aromatic carbocycles. The lowest BCUT2D eigenvalue weighted by Crippen LogP contribution is -2.19. The second-order valence-electron chi connectivity index (χ2n) is 4.37. The molecule has 0 radical (unpaired) electrons. The van der Waals surface area contributed by atoms with Gasteiger partial charge in [-0.3, -0.25) is 4.79 Å². The summed E-state index contributed by atoms with van der Waals surface area (Å²) >= 11 is 0. The monoisotopic (exact) mass is 216 g/mol. The van der Waals surface area contributed by atoms with Gasteiger partial charge in [0, 0.05) is 5.92 Å². The molecule has 84 valence electrons. The fourth-order valence-corrected chi connectivity index (χ4v) is 1.57. The Hall–Kier alpha value is -1.64. The number of hydrogen-bond donors (Lipinski definition) is 1. The van der Waals surface area contributed by atoms with Crippen molar-refractivity contribution >= 4 is 12.1 Å². The third-order valence-corrected chi connectivity index (χ3v) is 2.75. The first-order valence-electron chi connectivity index (χ1n) is 5.57. The minimum absolute atomic E-state index is 0.0426. The maximum absolute atomic E-state index is 11.3. The molecule has 0 atom stereocenters. The van der Waals surface area contributed by atoms with Crippen molar-refractivity contribution in [3.05, 3.63) is 34.9 Å². The molecule has 1 aliphatic rings. The van der Waals surface area contributed by atoms with Crippen LogP contribution in [0.4, 0.5) is 0 Å². The number of amides is 1. The van der Waals surface area contributed by atoms with Crippen LogP contribution in [-0.2, 0) is 4.79 Å². The van der Waals surface area contributed by atoms with Crippen LogP contribution >= 0.6 is 0 Å². The van der Waals surface area contributed by atoms with E-state index in [-0.39, 0.29) is 11.8 Å². The molecule has 0 unspecified atom stereocenters. The summed E-state index contributed by atoms with van der Waals surface area (Å²) in [6, 6.07) is 6.15. The summed E-state index contributed by atoms with van der Waals surface area (Å²) in [4.78, 5) is 11.3. The first-order chi connectivity index (χ1) is 7.66. The smallest absolute Gasteiger partial charge is 0.243 e. The Morgan fingerprint density at radius 3 is 2.81 bits per heavy atom. The summed E-state index contributed by atoms with van der Waals surface area (Å²) in [7, 11) is 0. The summed E-state index contributed by atoms with van der Waals surface area (Å²) in [5, 5.41) is 3.97. The molecule has 1 aromatic rings. The van der Waals surface area contributed by atoms with Crippen LogP contribution in [0.3, 0.4) is 0 Å². The van der Waals surface area contributed by atoms with Crippen LogP contribution in [0.5, 0.6) is 0 Å². The molecular weight excluding hydrogens is 200 g/mol. The third-order valence-electron chi connectivity index (χ3n) is 2.75. The summed E-state index contributed by atoms with van der Waals surface area (Å²) in [6.07, 6.45) is 3.71. The number of nitrogens with one attached hydrogen (secondary N) is 1. The molecule has 1 saturated carbocycles. The lowest BCUT2D eigenvalue weighted by Gasteiger charge is -2.01. The number of nitrogens with zero attached hydrogens (tertiary/aromatic N) is 1. The molecule has 0 heterocycles. The number of rotatable bonds is 3. The van der Waals surface area contributed by atoms with E-state index in [0.717, 1.165) is 18.4 Å². The molecular formula is C13H16N2O. The van der Waals surface area contributed by atoms with Crippen molar-refractivity contribution in [3.8, 4) is 0 Å². The molecule has 0 aromatic heterocycles. The Morgan fingerprint density at radius 1 is 1.44 bits per heavy atom. The minimum atomic E-state index is 0.0426. The predicted molar refractivity (Wildman–Crippen MR) is 64.4 cm³/mol. The van der Waals surface area contributed by atoms with Crippen molar-refractivity contribution in [2.24, 2.45) is 11.0 Å². The topological polar surface area (TPSA) is 41.5 Å². The lowest BCUT2D eigenvalue weighted by atomic mass is 10.1. The second-order valence-corrected chi connectivity index (χ2v) is 4.37. The van der Waals surface area contributed by atoms with Gasteiger partial charge in [0.25, 0.3) is 0 Å². The highest BCUT2D eigenvalue weighted by Crippen LogP contribution is 2.28. The Balaban J connectivity index is 1.97. The average molecular weight is 216 g/mol. The molecule has 0 saturated heterocycles.